The average molecular weight is 875 g/mol. The maximum atomic E-state index is 12.7. The Kier molecular flexibility index (Phi) is 15.7. The second-order valence-electron chi connectivity index (χ2n) is 13.3. The number of carbonyl (C=O) groups is 3. The Morgan fingerprint density at radius 1 is 0.917 bits per heavy atom. The standard InChI is InChI=1S/C23H31O4.C18H17O2.U/c1-4-5-9-16(2)23(26)27-19-14-20(17(3)24)21(15-19)22(25)13-12-18-10-7-6-8-11-18;1-18(13-19)11-17(18)15-7-9-16(10-8-15)20-12-14-5-3-2-4-6-14;/h6-8,10-11,13,16,19-21H,4-5,9,12,14-15H2,1-3H3;2-10,17H,11-12H2,1H3;/q2*-1;+2/t16-,19+,20-,21?;17-,18+;/m00./s1. The van der Waals surface area contributed by atoms with Gasteiger partial charge in [-0.25, -0.2) is 0 Å². The van der Waals surface area contributed by atoms with Crippen LogP contribution < -0.4 is 4.74 Å². The third-order valence-electron chi connectivity index (χ3n) is 9.47. The molecule has 2 aliphatic rings. The molecule has 0 N–H and O–H groups in total. The Labute approximate surface area is 310 Å². The molecule has 0 aliphatic heterocycles. The van der Waals surface area contributed by atoms with E-state index in [0.717, 1.165) is 42.6 Å². The van der Waals surface area contributed by atoms with Crippen molar-refractivity contribution in [2.75, 3.05) is 0 Å². The van der Waals surface area contributed by atoms with Gasteiger partial charge in [0.25, 0.3) is 0 Å². The van der Waals surface area contributed by atoms with Crippen LogP contribution in [0, 0.1) is 60.7 Å². The summed E-state index contributed by atoms with van der Waals surface area (Å²) < 4.78 is 11.4. The van der Waals surface area contributed by atoms with Crippen LogP contribution in [0.4, 0.5) is 0 Å². The van der Waals surface area contributed by atoms with E-state index in [-0.39, 0.29) is 77.9 Å². The first-order valence-electron chi connectivity index (χ1n) is 16.9. The maximum Gasteiger partial charge on any atom is 2.00 e. The number of unbranched alkanes of at least 4 members (excludes halogenated alkanes) is 1. The van der Waals surface area contributed by atoms with Crippen LogP contribution in [0.1, 0.15) is 88.8 Å². The summed E-state index contributed by atoms with van der Waals surface area (Å²) in [6.07, 6.45) is 8.68. The first kappa shape index (κ1) is 39.3. The van der Waals surface area contributed by atoms with E-state index in [1.54, 1.807) is 6.42 Å². The zero-order valence-electron chi connectivity index (χ0n) is 28.7. The molecule has 48 heavy (non-hydrogen) atoms. The van der Waals surface area contributed by atoms with Crippen molar-refractivity contribution in [3.05, 3.63) is 108 Å². The Morgan fingerprint density at radius 3 is 2.08 bits per heavy atom. The van der Waals surface area contributed by atoms with E-state index in [9.17, 15) is 19.2 Å². The molecule has 6 nitrogen and oxygen atoms in total. The number of benzene rings is 3. The molecular weight excluding hydrogens is 826 g/mol. The predicted molar refractivity (Wildman–Crippen MR) is 183 cm³/mol. The molecule has 252 valence electrons. The molecule has 3 aromatic carbocycles. The zero-order chi connectivity index (χ0) is 33.8. The van der Waals surface area contributed by atoms with Gasteiger partial charge in [-0.05, 0) is 55.4 Å². The van der Waals surface area contributed by atoms with Gasteiger partial charge in [0.1, 0.15) is 24.2 Å². The van der Waals surface area contributed by atoms with Crippen LogP contribution in [0.2, 0.25) is 0 Å². The average Bonchev–Trinajstić information content (AvgIpc) is 3.60. The van der Waals surface area contributed by atoms with Crippen molar-refractivity contribution in [1.29, 1.82) is 0 Å². The Balaban J connectivity index is 0.000000265. The smallest absolute Gasteiger partial charge is 0.541 e. The normalized spacial score (nSPS) is 22.9. The molecule has 5 rings (SSSR count). The summed E-state index contributed by atoms with van der Waals surface area (Å²) >= 11 is 0. The second kappa shape index (κ2) is 19.2. The number of carbonyl (C=O) groups excluding carboxylic acids is 4. The number of esters is 1. The number of Topliss-reactive ketones (excluding diaryl/α,β-unsaturated/α-hetero) is 2. The van der Waals surface area contributed by atoms with Gasteiger partial charge in [0, 0.05) is 17.6 Å². The zero-order valence-corrected chi connectivity index (χ0v) is 32.8. The number of hydrogen-bond acceptors (Lipinski definition) is 6. The van der Waals surface area contributed by atoms with Crippen LogP contribution in [0.5, 0.6) is 5.75 Å². The van der Waals surface area contributed by atoms with Crippen molar-refractivity contribution < 1.29 is 59.8 Å². The van der Waals surface area contributed by atoms with Crippen LogP contribution in [0.15, 0.2) is 84.9 Å². The summed E-state index contributed by atoms with van der Waals surface area (Å²) in [4.78, 5) is 47.8. The minimum atomic E-state index is -0.380. The topological polar surface area (TPSA) is 86.7 Å². The number of ether oxygens (including phenoxy) is 2. The minimum Gasteiger partial charge on any atom is -0.541 e. The van der Waals surface area contributed by atoms with E-state index in [4.69, 9.17) is 9.47 Å². The van der Waals surface area contributed by atoms with Gasteiger partial charge in [0.05, 0.1) is 5.92 Å². The van der Waals surface area contributed by atoms with Gasteiger partial charge < -0.3 is 25.5 Å². The summed E-state index contributed by atoms with van der Waals surface area (Å²) in [6, 6.07) is 27.9. The fourth-order valence-electron chi connectivity index (χ4n) is 6.24. The fraction of sp³-hybridized carbons (Fsp3) is 0.439. The monoisotopic (exact) mass is 874 g/mol. The van der Waals surface area contributed by atoms with Crippen LogP contribution in [-0.2, 0) is 36.9 Å². The summed E-state index contributed by atoms with van der Waals surface area (Å²) in [5.41, 5.74) is 3.15. The molecule has 0 radical (unpaired) electrons. The van der Waals surface area contributed by atoms with E-state index in [1.165, 1.54) is 12.5 Å². The van der Waals surface area contributed by atoms with Crippen LogP contribution >= 0.6 is 0 Å². The maximum absolute atomic E-state index is 12.7. The molecule has 0 saturated heterocycles. The number of hydrogen-bond donors (Lipinski definition) is 0. The summed E-state index contributed by atoms with van der Waals surface area (Å²) in [5, 5.41) is 0. The molecule has 1 unspecified atom stereocenters. The molecule has 0 amide bonds. The van der Waals surface area contributed by atoms with E-state index >= 15 is 0 Å². The number of rotatable bonds is 15. The van der Waals surface area contributed by atoms with Crippen molar-refractivity contribution in [3.63, 3.8) is 0 Å². The number of ketones is 2. The second-order valence-corrected chi connectivity index (χ2v) is 13.3. The van der Waals surface area contributed by atoms with E-state index in [2.05, 4.69) is 13.2 Å². The van der Waals surface area contributed by atoms with Gasteiger partial charge in [-0.3, -0.25) is 15.9 Å². The van der Waals surface area contributed by atoms with Crippen LogP contribution in [0.3, 0.4) is 0 Å². The molecule has 0 spiro atoms. The Morgan fingerprint density at radius 2 is 1.52 bits per heavy atom. The summed E-state index contributed by atoms with van der Waals surface area (Å²) in [7, 11) is 0. The third-order valence-corrected chi connectivity index (χ3v) is 9.47. The molecule has 0 bridgehead atoms. The third kappa shape index (κ3) is 11.5. The largest absolute Gasteiger partial charge is 2.00 e. The molecule has 2 saturated carbocycles. The van der Waals surface area contributed by atoms with Crippen molar-refractivity contribution in [2.45, 2.75) is 91.3 Å². The molecule has 6 atom stereocenters. The molecule has 2 aliphatic carbocycles. The van der Waals surface area contributed by atoms with Crippen molar-refractivity contribution in [3.8, 4) is 5.75 Å². The van der Waals surface area contributed by atoms with Crippen LogP contribution in [-0.4, -0.2) is 29.9 Å². The van der Waals surface area contributed by atoms with Crippen molar-refractivity contribution in [2.24, 2.45) is 23.2 Å². The Bertz CT molecular complexity index is 1460. The summed E-state index contributed by atoms with van der Waals surface area (Å²) in [5.74, 6) is 0.0781. The van der Waals surface area contributed by atoms with Gasteiger partial charge >= 0.3 is 37.1 Å². The predicted octanol–water partition coefficient (Wildman–Crippen LogP) is 8.22. The quantitative estimate of drug-likeness (QED) is 0.113. The minimum absolute atomic E-state index is 0. The molecule has 0 aromatic heterocycles. The Hall–Kier alpha value is -3.14. The van der Waals surface area contributed by atoms with E-state index < -0.39 is 0 Å². The first-order valence-corrected chi connectivity index (χ1v) is 16.9. The molecular formula is C41H48O6U. The molecule has 0 heterocycles. The van der Waals surface area contributed by atoms with Gasteiger partial charge in [0.15, 0.2) is 0 Å². The van der Waals surface area contributed by atoms with E-state index in [1.807, 2.05) is 98.8 Å². The van der Waals surface area contributed by atoms with Crippen molar-refractivity contribution >= 4 is 23.8 Å². The van der Waals surface area contributed by atoms with E-state index in [0.29, 0.717) is 31.8 Å². The molecule has 7 heteroatoms. The van der Waals surface area contributed by atoms with Gasteiger partial charge in [-0.2, -0.15) is 0 Å². The molecule has 2 fully saturated rings. The first-order chi connectivity index (χ1) is 22.6. The SMILES string of the molecule is CCCC[C@H](C)C(=O)O[C@H]1CC(C(=O)[CH-]Cc2ccccc2)[C@H](C(C)=O)C1.C[C@]1([C-]=O)C[C@H]1c1ccc(OCc2ccccc2)cc1.[U+2]. The van der Waals surface area contributed by atoms with Gasteiger partial charge in [0.2, 0.25) is 0 Å². The van der Waals surface area contributed by atoms with Crippen LogP contribution in [0.25, 0.3) is 0 Å². The van der Waals surface area contributed by atoms with Gasteiger partial charge in [-0.15, -0.1) is 11.8 Å². The fourth-order valence-corrected chi connectivity index (χ4v) is 6.24. The van der Waals surface area contributed by atoms with Crippen molar-refractivity contribution in [1.82, 2.24) is 0 Å². The van der Waals surface area contributed by atoms with Gasteiger partial charge in [-0.1, -0.05) is 118 Å². The summed E-state index contributed by atoms with van der Waals surface area (Å²) in [6.45, 7) is 8.03. The molecule has 3 aromatic rings.